The molecule has 1 fully saturated rings. The molecule has 0 aromatic rings. The van der Waals surface area contributed by atoms with E-state index in [4.69, 9.17) is 5.26 Å². The summed E-state index contributed by atoms with van der Waals surface area (Å²) in [6.45, 7) is 4.94. The lowest BCUT2D eigenvalue weighted by Crippen LogP contribution is -1.95. The van der Waals surface area contributed by atoms with Crippen LogP contribution in [-0.2, 0) is 0 Å². The van der Waals surface area contributed by atoms with Crippen LogP contribution in [0.15, 0.2) is 11.8 Å². The van der Waals surface area contributed by atoms with Gasteiger partial charge in [0.15, 0.2) is 0 Å². The predicted octanol–water partition coefficient (Wildman–Crippen LogP) is 1.12. The second kappa shape index (κ2) is 2.10. The third kappa shape index (κ3) is 1.05. The molecule has 0 amide bonds. The van der Waals surface area contributed by atoms with E-state index in [2.05, 4.69) is 11.0 Å². The van der Waals surface area contributed by atoms with Crippen LogP contribution in [0.5, 0.6) is 0 Å². The highest BCUT2D eigenvalue weighted by Gasteiger charge is 2.33. The highest BCUT2D eigenvalue weighted by Crippen LogP contribution is 2.21. The third-order valence-corrected chi connectivity index (χ3v) is 1.63. The first-order valence-corrected chi connectivity index (χ1v) is 3.08. The molecule has 1 aliphatic rings. The van der Waals surface area contributed by atoms with Gasteiger partial charge in [-0.1, -0.05) is 6.08 Å². The van der Waals surface area contributed by atoms with Gasteiger partial charge in [-0.2, -0.15) is 5.26 Å². The minimum absolute atomic E-state index is 0.168. The molecule has 0 saturated carbocycles. The van der Waals surface area contributed by atoms with Gasteiger partial charge in [0.25, 0.3) is 0 Å². The number of hydrogen-bond acceptors (Lipinski definition) is 2. The van der Waals surface area contributed by atoms with E-state index in [1.165, 1.54) is 5.70 Å². The molecule has 48 valence electrons. The van der Waals surface area contributed by atoms with E-state index in [-0.39, 0.29) is 6.04 Å². The van der Waals surface area contributed by atoms with Gasteiger partial charge in [-0.15, -0.1) is 0 Å². The van der Waals surface area contributed by atoms with Gasteiger partial charge in [0, 0.05) is 5.70 Å². The lowest BCUT2D eigenvalue weighted by molar-refractivity contribution is 0.664. The molecule has 0 aliphatic carbocycles. The summed E-state index contributed by atoms with van der Waals surface area (Å²) in [5.74, 6) is 0. The van der Waals surface area contributed by atoms with E-state index in [1.54, 1.807) is 0 Å². The molecule has 1 aliphatic heterocycles. The number of rotatable bonds is 1. The van der Waals surface area contributed by atoms with Crippen LogP contribution in [-0.4, -0.2) is 17.5 Å². The first-order chi connectivity index (χ1) is 4.29. The SMILES string of the molecule is C/C=C(/C)N1CC1C#N. The van der Waals surface area contributed by atoms with Crippen molar-refractivity contribution >= 4 is 0 Å². The van der Waals surface area contributed by atoms with Gasteiger partial charge in [0.1, 0.15) is 6.04 Å². The Balaban J connectivity index is 2.45. The third-order valence-electron chi connectivity index (χ3n) is 1.63. The molecule has 2 heteroatoms. The first-order valence-electron chi connectivity index (χ1n) is 3.08. The number of allylic oxidation sites excluding steroid dienone is 2. The molecular weight excluding hydrogens is 112 g/mol. The van der Waals surface area contributed by atoms with Gasteiger partial charge in [-0.3, -0.25) is 0 Å². The van der Waals surface area contributed by atoms with Crippen LogP contribution >= 0.6 is 0 Å². The minimum atomic E-state index is 0.168. The van der Waals surface area contributed by atoms with Crippen LogP contribution < -0.4 is 0 Å². The van der Waals surface area contributed by atoms with E-state index in [0.29, 0.717) is 0 Å². The zero-order valence-electron chi connectivity index (χ0n) is 5.76. The molecule has 0 spiro atoms. The van der Waals surface area contributed by atoms with Crippen molar-refractivity contribution in [2.75, 3.05) is 6.54 Å². The summed E-state index contributed by atoms with van der Waals surface area (Å²) in [6.07, 6.45) is 2.03. The molecule has 1 heterocycles. The van der Waals surface area contributed by atoms with E-state index in [0.717, 1.165) is 6.54 Å². The standard InChI is InChI=1S/C7H10N2/c1-3-6(2)9-5-7(9)4-8/h3,7H,5H2,1-2H3/b6-3-. The lowest BCUT2D eigenvalue weighted by atomic mass is 10.4. The van der Waals surface area contributed by atoms with Crippen LogP contribution in [0.3, 0.4) is 0 Å². The fourth-order valence-electron chi connectivity index (χ4n) is 0.805. The van der Waals surface area contributed by atoms with Crippen molar-refractivity contribution in [3.8, 4) is 6.07 Å². The largest absolute Gasteiger partial charge is 0.355 e. The molecule has 0 radical (unpaired) electrons. The van der Waals surface area contributed by atoms with E-state index in [1.807, 2.05) is 19.9 Å². The monoisotopic (exact) mass is 122 g/mol. The maximum absolute atomic E-state index is 8.40. The first kappa shape index (κ1) is 6.15. The van der Waals surface area contributed by atoms with Gasteiger partial charge < -0.3 is 4.90 Å². The Kier molecular flexibility index (Phi) is 1.44. The molecule has 0 N–H and O–H groups in total. The second-order valence-corrected chi connectivity index (χ2v) is 2.23. The zero-order valence-corrected chi connectivity index (χ0v) is 5.76. The highest BCUT2D eigenvalue weighted by atomic mass is 15.3. The van der Waals surface area contributed by atoms with Crippen molar-refractivity contribution in [3.63, 3.8) is 0 Å². The average molecular weight is 122 g/mol. The average Bonchev–Trinajstić information content (AvgIpc) is 2.64. The van der Waals surface area contributed by atoms with Crippen molar-refractivity contribution in [1.82, 2.24) is 4.90 Å². The molecule has 1 unspecified atom stereocenters. The summed E-state index contributed by atoms with van der Waals surface area (Å²) < 4.78 is 0. The Labute approximate surface area is 55.4 Å². The second-order valence-electron chi connectivity index (χ2n) is 2.23. The quantitative estimate of drug-likeness (QED) is 0.487. The number of nitrogens with zero attached hydrogens (tertiary/aromatic N) is 2. The molecule has 0 aromatic heterocycles. The van der Waals surface area contributed by atoms with Gasteiger partial charge in [-0.25, -0.2) is 0 Å². The van der Waals surface area contributed by atoms with E-state index >= 15 is 0 Å². The van der Waals surface area contributed by atoms with Crippen molar-refractivity contribution in [1.29, 1.82) is 5.26 Å². The predicted molar refractivity (Wildman–Crippen MR) is 35.5 cm³/mol. The summed E-state index contributed by atoms with van der Waals surface area (Å²) in [5, 5.41) is 8.40. The topological polar surface area (TPSA) is 26.8 Å². The van der Waals surface area contributed by atoms with E-state index in [9.17, 15) is 0 Å². The fourth-order valence-corrected chi connectivity index (χ4v) is 0.805. The molecule has 1 atom stereocenters. The molecule has 1 rings (SSSR count). The number of nitriles is 1. The van der Waals surface area contributed by atoms with Crippen LogP contribution in [0.1, 0.15) is 13.8 Å². The lowest BCUT2D eigenvalue weighted by Gasteiger charge is -1.98. The van der Waals surface area contributed by atoms with E-state index < -0.39 is 0 Å². The van der Waals surface area contributed by atoms with Gasteiger partial charge in [0.05, 0.1) is 12.6 Å². The fraction of sp³-hybridized carbons (Fsp3) is 0.571. The highest BCUT2D eigenvalue weighted by molar-refractivity contribution is 5.16. The van der Waals surface area contributed by atoms with Crippen molar-refractivity contribution in [3.05, 3.63) is 11.8 Å². The summed E-state index contributed by atoms with van der Waals surface area (Å²) in [4.78, 5) is 2.07. The Bertz CT molecular complexity index is 176. The van der Waals surface area contributed by atoms with Gasteiger partial charge in [0.2, 0.25) is 0 Å². The molecule has 9 heavy (non-hydrogen) atoms. The molecule has 2 nitrogen and oxygen atoms in total. The molecular formula is C7H10N2. The number of hydrogen-bond donors (Lipinski definition) is 0. The summed E-state index contributed by atoms with van der Waals surface area (Å²) >= 11 is 0. The summed E-state index contributed by atoms with van der Waals surface area (Å²) in [7, 11) is 0. The molecule has 1 saturated heterocycles. The van der Waals surface area contributed by atoms with Crippen molar-refractivity contribution in [2.45, 2.75) is 19.9 Å². The van der Waals surface area contributed by atoms with Crippen LogP contribution in [0.25, 0.3) is 0 Å². The van der Waals surface area contributed by atoms with Gasteiger partial charge >= 0.3 is 0 Å². The van der Waals surface area contributed by atoms with Crippen molar-refractivity contribution in [2.24, 2.45) is 0 Å². The Hall–Kier alpha value is -0.970. The Morgan fingerprint density at radius 3 is 2.89 bits per heavy atom. The van der Waals surface area contributed by atoms with Crippen molar-refractivity contribution < 1.29 is 0 Å². The Morgan fingerprint density at radius 2 is 2.56 bits per heavy atom. The maximum Gasteiger partial charge on any atom is 0.134 e. The molecule has 0 aromatic carbocycles. The summed E-state index contributed by atoms with van der Waals surface area (Å²) in [5.41, 5.74) is 1.21. The van der Waals surface area contributed by atoms with Gasteiger partial charge in [-0.05, 0) is 13.8 Å². The maximum atomic E-state index is 8.40. The molecule has 0 bridgehead atoms. The van der Waals surface area contributed by atoms with Crippen LogP contribution in [0.2, 0.25) is 0 Å². The minimum Gasteiger partial charge on any atom is -0.355 e. The smallest absolute Gasteiger partial charge is 0.134 e. The zero-order chi connectivity index (χ0) is 6.85. The Morgan fingerprint density at radius 1 is 1.89 bits per heavy atom. The van der Waals surface area contributed by atoms with Crippen LogP contribution in [0, 0.1) is 11.3 Å². The summed E-state index contributed by atoms with van der Waals surface area (Å²) in [6, 6.07) is 2.36. The normalized spacial score (nSPS) is 25.7. The van der Waals surface area contributed by atoms with Crippen LogP contribution in [0.4, 0.5) is 0 Å².